The van der Waals surface area contributed by atoms with Crippen LogP contribution in [0.1, 0.15) is 73.9 Å². The van der Waals surface area contributed by atoms with E-state index in [1.165, 1.54) is 60.8 Å². The van der Waals surface area contributed by atoms with E-state index in [1.54, 1.807) is 0 Å². The van der Waals surface area contributed by atoms with Gasteiger partial charge in [-0.05, 0) is 137 Å². The van der Waals surface area contributed by atoms with E-state index in [0.29, 0.717) is 0 Å². The van der Waals surface area contributed by atoms with Gasteiger partial charge in [0.25, 0.3) is 0 Å². The van der Waals surface area contributed by atoms with Crippen molar-refractivity contribution in [1.82, 2.24) is 9.88 Å². The third-order valence-electron chi connectivity index (χ3n) is 14.8. The Labute approximate surface area is 405 Å². The fourth-order valence-corrected chi connectivity index (χ4v) is 11.7. The quantitative estimate of drug-likeness (QED) is 0.0829. The highest BCUT2D eigenvalue weighted by Gasteiger charge is 2.39. The minimum atomic E-state index is -0.359. The minimum Gasteiger partial charge on any atom is -0.391 e. The molecule has 0 fully saturated rings. The Kier molecular flexibility index (Phi) is 10.9. The third-order valence-corrected chi connectivity index (χ3v) is 14.8. The molecule has 1 heterocycles. The molecule has 0 saturated carbocycles. The van der Waals surface area contributed by atoms with Gasteiger partial charge in [-0.25, -0.2) is 4.99 Å². The molecule has 0 spiro atoms. The van der Waals surface area contributed by atoms with Crippen LogP contribution in [0, 0.1) is 6.92 Å². The van der Waals surface area contributed by atoms with Gasteiger partial charge in [-0.1, -0.05) is 160 Å². The minimum absolute atomic E-state index is 0.359. The number of fused-ring (bicyclic) bond motifs is 10. The second-order valence-electron chi connectivity index (χ2n) is 18.9. The summed E-state index contributed by atoms with van der Waals surface area (Å²) in [5, 5.41) is 12.9. The van der Waals surface area contributed by atoms with Crippen molar-refractivity contribution in [3.05, 3.63) is 227 Å². The number of aryl methyl sites for hydroxylation is 1. The topological polar surface area (TPSA) is 41.7 Å². The van der Waals surface area contributed by atoms with E-state index in [9.17, 15) is 0 Å². The fourth-order valence-electron chi connectivity index (χ4n) is 11.7. The van der Waals surface area contributed by atoms with Crippen molar-refractivity contribution in [3.8, 4) is 11.1 Å². The molecule has 0 unspecified atom stereocenters. The SMILES string of the molecule is C=C/C=C(\C=C/C)n1c2ccccc2c2cc(/C(N=C)=C(\C)C(=Nc3c4c(cc5cccc(C6=C(NC)CCC=C6)c35)-c3ccccc3C4(C)C)c3c(C)c4ccccc4c4ccccc34)ccc21. The van der Waals surface area contributed by atoms with E-state index in [1.807, 2.05) is 13.1 Å². The molecule has 8 aromatic carbocycles. The zero-order chi connectivity index (χ0) is 47.6. The van der Waals surface area contributed by atoms with Crippen LogP contribution in [0.5, 0.6) is 0 Å². The van der Waals surface area contributed by atoms with Crippen LogP contribution in [-0.2, 0) is 5.41 Å². The van der Waals surface area contributed by atoms with E-state index >= 15 is 0 Å². The molecule has 4 nitrogen and oxygen atoms in total. The van der Waals surface area contributed by atoms with Crippen molar-refractivity contribution in [1.29, 1.82) is 0 Å². The Morgan fingerprint density at radius 2 is 1.42 bits per heavy atom. The average Bonchev–Trinajstić information content (AvgIpc) is 3.83. The number of aliphatic imine (C=N–C) groups is 2. The van der Waals surface area contributed by atoms with Crippen LogP contribution in [0.25, 0.3) is 82.2 Å². The van der Waals surface area contributed by atoms with Gasteiger partial charge in [0, 0.05) is 62.3 Å². The van der Waals surface area contributed by atoms with E-state index < -0.39 is 0 Å². The number of aromatic nitrogens is 1. The number of hydrogen-bond donors (Lipinski definition) is 1. The summed E-state index contributed by atoms with van der Waals surface area (Å²) in [4.78, 5) is 11.3. The van der Waals surface area contributed by atoms with Gasteiger partial charge in [0.2, 0.25) is 0 Å². The predicted octanol–water partition coefficient (Wildman–Crippen LogP) is 17.0. The smallest absolute Gasteiger partial charge is 0.0769 e. The Balaban J connectivity index is 1.30. The van der Waals surface area contributed by atoms with Crippen molar-refractivity contribution >= 4 is 89.2 Å². The van der Waals surface area contributed by atoms with Gasteiger partial charge in [-0.15, -0.1) is 0 Å². The predicted molar refractivity (Wildman–Crippen MR) is 299 cm³/mol. The highest BCUT2D eigenvalue weighted by atomic mass is 15.0. The first kappa shape index (κ1) is 43.5. The number of nitrogens with one attached hydrogen (secondary N) is 1. The van der Waals surface area contributed by atoms with Crippen LogP contribution >= 0.6 is 0 Å². The molecule has 69 heavy (non-hydrogen) atoms. The average molecular weight is 893 g/mol. The summed E-state index contributed by atoms with van der Waals surface area (Å²) in [5.74, 6) is 0. The summed E-state index contributed by atoms with van der Waals surface area (Å²) in [6.07, 6.45) is 14.7. The first-order chi connectivity index (χ1) is 33.7. The Morgan fingerprint density at radius 1 is 0.739 bits per heavy atom. The molecule has 0 amide bonds. The maximum absolute atomic E-state index is 6.28. The zero-order valence-electron chi connectivity index (χ0n) is 40.4. The largest absolute Gasteiger partial charge is 0.391 e. The molecule has 0 atom stereocenters. The molecule has 1 N–H and O–H groups in total. The van der Waals surface area contributed by atoms with Gasteiger partial charge in [0.15, 0.2) is 0 Å². The number of benzene rings is 8. The Hall–Kier alpha value is -8.08. The zero-order valence-corrected chi connectivity index (χ0v) is 40.4. The van der Waals surface area contributed by atoms with Gasteiger partial charge < -0.3 is 9.88 Å². The van der Waals surface area contributed by atoms with Crippen molar-refractivity contribution in [2.75, 3.05) is 7.05 Å². The molecule has 0 aliphatic heterocycles. The lowest BCUT2D eigenvalue weighted by molar-refractivity contribution is 0.662. The molecule has 336 valence electrons. The second kappa shape index (κ2) is 17.2. The van der Waals surface area contributed by atoms with Gasteiger partial charge in [0.1, 0.15) is 0 Å². The molecule has 0 bridgehead atoms. The lowest BCUT2D eigenvalue weighted by Gasteiger charge is -2.26. The maximum Gasteiger partial charge on any atom is 0.0769 e. The molecule has 0 radical (unpaired) electrons. The Morgan fingerprint density at radius 3 is 2.17 bits per heavy atom. The first-order valence-corrected chi connectivity index (χ1v) is 24.1. The summed E-state index contributed by atoms with van der Waals surface area (Å²) in [5.41, 5.74) is 18.4. The van der Waals surface area contributed by atoms with Crippen LogP contribution in [0.4, 0.5) is 5.69 Å². The molecular weight excluding hydrogens is 837 g/mol. The molecule has 1 aromatic heterocycles. The van der Waals surface area contributed by atoms with Crippen molar-refractivity contribution in [3.63, 3.8) is 0 Å². The first-order valence-electron chi connectivity index (χ1n) is 24.1. The van der Waals surface area contributed by atoms with Crippen LogP contribution in [0.15, 0.2) is 204 Å². The van der Waals surface area contributed by atoms with Crippen LogP contribution in [0.2, 0.25) is 0 Å². The van der Waals surface area contributed by atoms with Crippen LogP contribution < -0.4 is 5.32 Å². The number of nitrogens with zero attached hydrogens (tertiary/aromatic N) is 3. The highest BCUT2D eigenvalue weighted by molar-refractivity contribution is 6.28. The van der Waals surface area contributed by atoms with Crippen molar-refractivity contribution < 1.29 is 0 Å². The van der Waals surface area contributed by atoms with Crippen LogP contribution in [0.3, 0.4) is 0 Å². The van der Waals surface area contributed by atoms with Gasteiger partial charge >= 0.3 is 0 Å². The number of allylic oxidation sites excluding steroid dienone is 10. The lowest BCUT2D eigenvalue weighted by Crippen LogP contribution is -2.16. The Bertz CT molecular complexity index is 3850. The molecular formula is C65H56N4. The number of hydrogen-bond acceptors (Lipinski definition) is 3. The summed E-state index contributed by atoms with van der Waals surface area (Å²) in [6.45, 7) is 19.7. The van der Waals surface area contributed by atoms with Gasteiger partial charge in [-0.2, -0.15) is 0 Å². The standard InChI is InChI=1S/C65H56N4/c1-9-22-44(23-10-2)69-57-35-20-17-30-50(57)53-39-43(36-37-58(53)69)62(67-8)41(4)63(59-40(3)45-25-11-12-26-46(45)47-27-13-14-31-51(47)59)68-64-60-42(24-21-32-52(60)49-29-16-19-34-56(49)66-7)38-54-48-28-15-18-33-55(48)65(5,6)61(54)64/h9-18,20-33,35-39,66H,1,8,19,34H2,2-7H3/b23-10-,44-22+,62-41-,68-63?. The summed E-state index contributed by atoms with van der Waals surface area (Å²) < 4.78 is 2.32. The normalized spacial score (nSPS) is 15.2. The molecule has 9 aromatic rings. The highest BCUT2D eigenvalue weighted by Crippen LogP contribution is 2.56. The van der Waals surface area contributed by atoms with Crippen molar-refractivity contribution in [2.24, 2.45) is 9.98 Å². The maximum atomic E-state index is 6.28. The molecule has 2 aliphatic carbocycles. The van der Waals surface area contributed by atoms with E-state index in [2.05, 4.69) is 228 Å². The van der Waals surface area contributed by atoms with E-state index in [0.717, 1.165) is 90.3 Å². The lowest BCUT2D eigenvalue weighted by atomic mass is 9.79. The fraction of sp³-hybridized carbons (Fsp3) is 0.138. The van der Waals surface area contributed by atoms with Gasteiger partial charge in [-0.3, -0.25) is 4.99 Å². The van der Waals surface area contributed by atoms with E-state index in [4.69, 9.17) is 9.98 Å². The number of para-hydroxylation sites is 1. The molecule has 0 saturated heterocycles. The van der Waals surface area contributed by atoms with Crippen molar-refractivity contribution in [2.45, 2.75) is 52.9 Å². The number of rotatable bonds is 10. The summed E-state index contributed by atoms with van der Waals surface area (Å²) in [6, 6.07) is 51.1. The molecule has 2 aliphatic rings. The monoisotopic (exact) mass is 892 g/mol. The third kappa shape index (κ3) is 6.80. The summed E-state index contributed by atoms with van der Waals surface area (Å²) in [7, 11) is 2.05. The molecule has 4 heteroatoms. The molecule has 11 rings (SSSR count). The van der Waals surface area contributed by atoms with E-state index in [-0.39, 0.29) is 5.41 Å². The van der Waals surface area contributed by atoms with Crippen LogP contribution in [-0.4, -0.2) is 24.0 Å². The van der Waals surface area contributed by atoms with Gasteiger partial charge in [0.05, 0.1) is 28.1 Å². The second-order valence-corrected chi connectivity index (χ2v) is 18.9. The summed E-state index contributed by atoms with van der Waals surface area (Å²) >= 11 is 0.